The lowest BCUT2D eigenvalue weighted by molar-refractivity contribution is 0.0858. The predicted octanol–water partition coefficient (Wildman–Crippen LogP) is 4.26. The van der Waals surface area contributed by atoms with Crippen LogP contribution in [0.5, 0.6) is 0 Å². The first kappa shape index (κ1) is 13.0. The zero-order chi connectivity index (χ0) is 12.2. The van der Waals surface area contributed by atoms with Gasteiger partial charge in [-0.2, -0.15) is 0 Å². The highest BCUT2D eigenvalue weighted by Crippen LogP contribution is 2.21. The van der Waals surface area contributed by atoms with Crippen molar-refractivity contribution in [1.29, 1.82) is 0 Å². The van der Waals surface area contributed by atoms with Crippen molar-refractivity contribution >= 4 is 5.78 Å². The number of ketones is 1. The summed E-state index contributed by atoms with van der Waals surface area (Å²) in [7, 11) is 0. The van der Waals surface area contributed by atoms with Gasteiger partial charge in [0.1, 0.15) is 0 Å². The molecule has 1 aromatic rings. The monoisotopic (exact) mass is 218 g/mol. The first-order chi connectivity index (χ1) is 7.45. The van der Waals surface area contributed by atoms with Crippen LogP contribution in [0.2, 0.25) is 0 Å². The Morgan fingerprint density at radius 3 is 2.12 bits per heavy atom. The topological polar surface area (TPSA) is 17.1 Å². The van der Waals surface area contributed by atoms with E-state index in [2.05, 4.69) is 19.1 Å². The van der Waals surface area contributed by atoms with Crippen LogP contribution >= 0.6 is 0 Å². The Labute approximate surface area is 98.9 Å². The van der Waals surface area contributed by atoms with Crippen LogP contribution in [-0.4, -0.2) is 5.78 Å². The van der Waals surface area contributed by atoms with Crippen LogP contribution in [0.15, 0.2) is 24.3 Å². The average molecular weight is 218 g/mol. The van der Waals surface area contributed by atoms with Gasteiger partial charge in [-0.3, -0.25) is 4.79 Å². The second-order valence-electron chi connectivity index (χ2n) is 5.38. The molecule has 0 fully saturated rings. The molecule has 1 heteroatoms. The molecule has 0 N–H and O–H groups in total. The first-order valence-corrected chi connectivity index (χ1v) is 6.09. The standard InChI is InChI=1S/C15H22O/c1-5-6-7-12-8-10-13(11-9-12)14(16)15(2,3)4/h8-11H,5-7H2,1-4H3. The molecule has 0 atom stereocenters. The van der Waals surface area contributed by atoms with Gasteiger partial charge in [0.2, 0.25) is 0 Å². The van der Waals surface area contributed by atoms with Crippen molar-refractivity contribution in [2.45, 2.75) is 47.0 Å². The van der Waals surface area contributed by atoms with E-state index in [1.165, 1.54) is 18.4 Å². The predicted molar refractivity (Wildman–Crippen MR) is 68.8 cm³/mol. The average Bonchev–Trinajstić information content (AvgIpc) is 2.25. The lowest BCUT2D eigenvalue weighted by Crippen LogP contribution is -2.20. The number of Topliss-reactive ketones (excluding diaryl/α,β-unsaturated/α-hetero) is 1. The second kappa shape index (κ2) is 5.29. The third-order valence-electron chi connectivity index (χ3n) is 2.72. The van der Waals surface area contributed by atoms with Crippen LogP contribution in [0.3, 0.4) is 0 Å². The molecular formula is C15H22O. The van der Waals surface area contributed by atoms with Crippen molar-refractivity contribution in [2.24, 2.45) is 5.41 Å². The number of hydrogen-bond donors (Lipinski definition) is 0. The third kappa shape index (κ3) is 3.48. The minimum absolute atomic E-state index is 0.217. The fourth-order valence-corrected chi connectivity index (χ4v) is 1.64. The van der Waals surface area contributed by atoms with Gasteiger partial charge in [0.25, 0.3) is 0 Å². The van der Waals surface area contributed by atoms with Crippen LogP contribution < -0.4 is 0 Å². The number of carbonyl (C=O) groups excluding carboxylic acids is 1. The molecule has 0 bridgehead atoms. The summed E-state index contributed by atoms with van der Waals surface area (Å²) in [5.74, 6) is 0.217. The first-order valence-electron chi connectivity index (χ1n) is 6.09. The maximum absolute atomic E-state index is 12.0. The van der Waals surface area contributed by atoms with E-state index in [4.69, 9.17) is 0 Å². The van der Waals surface area contributed by atoms with Gasteiger partial charge in [0.15, 0.2) is 5.78 Å². The summed E-state index contributed by atoms with van der Waals surface area (Å²) in [4.78, 5) is 12.0. The van der Waals surface area contributed by atoms with Crippen molar-refractivity contribution in [3.05, 3.63) is 35.4 Å². The molecule has 0 spiro atoms. The Bertz CT molecular complexity index is 341. The van der Waals surface area contributed by atoms with E-state index in [1.54, 1.807) is 0 Å². The molecule has 0 heterocycles. The molecule has 88 valence electrons. The molecule has 1 rings (SSSR count). The maximum Gasteiger partial charge on any atom is 0.168 e. The Kier molecular flexibility index (Phi) is 4.28. The Balaban J connectivity index is 2.75. The van der Waals surface area contributed by atoms with Crippen molar-refractivity contribution in [3.63, 3.8) is 0 Å². The lowest BCUT2D eigenvalue weighted by Gasteiger charge is -2.16. The summed E-state index contributed by atoms with van der Waals surface area (Å²) < 4.78 is 0. The van der Waals surface area contributed by atoms with E-state index in [1.807, 2.05) is 32.9 Å². The number of unbranched alkanes of at least 4 members (excludes halogenated alkanes) is 1. The van der Waals surface area contributed by atoms with Gasteiger partial charge in [0, 0.05) is 11.0 Å². The summed E-state index contributed by atoms with van der Waals surface area (Å²) in [5.41, 5.74) is 1.87. The van der Waals surface area contributed by atoms with Gasteiger partial charge >= 0.3 is 0 Å². The SMILES string of the molecule is CCCCc1ccc(C(=O)C(C)(C)C)cc1. The van der Waals surface area contributed by atoms with Gasteiger partial charge in [-0.15, -0.1) is 0 Å². The van der Waals surface area contributed by atoms with E-state index in [9.17, 15) is 4.79 Å². The van der Waals surface area contributed by atoms with E-state index in [0.717, 1.165) is 12.0 Å². The molecule has 1 nitrogen and oxygen atoms in total. The fourth-order valence-electron chi connectivity index (χ4n) is 1.64. The van der Waals surface area contributed by atoms with Crippen molar-refractivity contribution in [3.8, 4) is 0 Å². The normalized spacial score (nSPS) is 11.5. The Morgan fingerprint density at radius 1 is 1.12 bits per heavy atom. The lowest BCUT2D eigenvalue weighted by atomic mass is 9.86. The van der Waals surface area contributed by atoms with E-state index in [0.29, 0.717) is 0 Å². The van der Waals surface area contributed by atoms with E-state index in [-0.39, 0.29) is 11.2 Å². The minimum atomic E-state index is -0.287. The summed E-state index contributed by atoms with van der Waals surface area (Å²) in [5, 5.41) is 0. The Hall–Kier alpha value is -1.11. The van der Waals surface area contributed by atoms with E-state index >= 15 is 0 Å². The van der Waals surface area contributed by atoms with Crippen LogP contribution in [-0.2, 0) is 6.42 Å². The van der Waals surface area contributed by atoms with E-state index < -0.39 is 0 Å². The van der Waals surface area contributed by atoms with Gasteiger partial charge in [-0.25, -0.2) is 0 Å². The number of carbonyl (C=O) groups is 1. The second-order valence-corrected chi connectivity index (χ2v) is 5.38. The molecule has 0 aliphatic carbocycles. The number of hydrogen-bond acceptors (Lipinski definition) is 1. The van der Waals surface area contributed by atoms with Gasteiger partial charge in [0.05, 0.1) is 0 Å². The zero-order valence-corrected chi connectivity index (χ0v) is 10.8. The number of benzene rings is 1. The molecule has 0 radical (unpaired) electrons. The van der Waals surface area contributed by atoms with Crippen LogP contribution in [0.25, 0.3) is 0 Å². The number of rotatable bonds is 4. The molecule has 0 aromatic heterocycles. The third-order valence-corrected chi connectivity index (χ3v) is 2.72. The highest BCUT2D eigenvalue weighted by atomic mass is 16.1. The largest absolute Gasteiger partial charge is 0.294 e. The molecule has 0 saturated heterocycles. The van der Waals surface area contributed by atoms with Crippen molar-refractivity contribution < 1.29 is 4.79 Å². The highest BCUT2D eigenvalue weighted by Gasteiger charge is 2.22. The molecule has 1 aromatic carbocycles. The molecule has 16 heavy (non-hydrogen) atoms. The smallest absolute Gasteiger partial charge is 0.168 e. The quantitative estimate of drug-likeness (QED) is 0.690. The van der Waals surface area contributed by atoms with Gasteiger partial charge in [-0.05, 0) is 18.4 Å². The van der Waals surface area contributed by atoms with Crippen LogP contribution in [0.1, 0.15) is 56.5 Å². The molecule has 0 saturated carbocycles. The zero-order valence-electron chi connectivity index (χ0n) is 10.8. The highest BCUT2D eigenvalue weighted by molar-refractivity contribution is 5.99. The molecule has 0 aliphatic heterocycles. The summed E-state index contributed by atoms with van der Waals surface area (Å²) in [6.45, 7) is 8.07. The minimum Gasteiger partial charge on any atom is -0.294 e. The molecular weight excluding hydrogens is 196 g/mol. The molecule has 0 unspecified atom stereocenters. The van der Waals surface area contributed by atoms with Crippen molar-refractivity contribution in [2.75, 3.05) is 0 Å². The number of aryl methyl sites for hydroxylation is 1. The van der Waals surface area contributed by atoms with Crippen LogP contribution in [0, 0.1) is 5.41 Å². The Morgan fingerprint density at radius 2 is 1.69 bits per heavy atom. The van der Waals surface area contributed by atoms with Crippen molar-refractivity contribution in [1.82, 2.24) is 0 Å². The molecule has 0 amide bonds. The fraction of sp³-hybridized carbons (Fsp3) is 0.533. The summed E-state index contributed by atoms with van der Waals surface area (Å²) >= 11 is 0. The maximum atomic E-state index is 12.0. The van der Waals surface area contributed by atoms with Gasteiger partial charge < -0.3 is 0 Å². The van der Waals surface area contributed by atoms with Crippen LogP contribution in [0.4, 0.5) is 0 Å². The summed E-state index contributed by atoms with van der Waals surface area (Å²) in [6, 6.07) is 8.07. The molecule has 0 aliphatic rings. The summed E-state index contributed by atoms with van der Waals surface area (Å²) in [6.07, 6.45) is 3.54. The van der Waals surface area contributed by atoms with Gasteiger partial charge in [-0.1, -0.05) is 58.4 Å².